The molecule has 2 aromatic carbocycles. The van der Waals surface area contributed by atoms with Gasteiger partial charge >= 0.3 is 11.9 Å². The van der Waals surface area contributed by atoms with Crippen LogP contribution in [-0.2, 0) is 14.0 Å². The largest absolute Gasteiger partial charge is 0.481 e. The second-order valence-corrected chi connectivity index (χ2v) is 13.6. The molecule has 0 fully saturated rings. The van der Waals surface area contributed by atoms with Crippen LogP contribution >= 0.6 is 23.2 Å². The van der Waals surface area contributed by atoms with Crippen LogP contribution in [0.1, 0.15) is 40.6 Å². The minimum absolute atomic E-state index is 0.108. The quantitative estimate of drug-likeness (QED) is 0.279. The number of esters is 1. The molecule has 2 unspecified atom stereocenters. The number of fused-ring (bicyclic) bond motifs is 1. The summed E-state index contributed by atoms with van der Waals surface area (Å²) < 4.78 is 11.7. The van der Waals surface area contributed by atoms with Crippen LogP contribution in [0.3, 0.4) is 0 Å². The fourth-order valence-electron chi connectivity index (χ4n) is 3.70. The van der Waals surface area contributed by atoms with Crippen LogP contribution in [0.15, 0.2) is 42.5 Å². The molecule has 0 bridgehead atoms. The van der Waals surface area contributed by atoms with Crippen molar-refractivity contribution in [1.29, 1.82) is 0 Å². The van der Waals surface area contributed by atoms with Crippen molar-refractivity contribution in [3.05, 3.63) is 69.3 Å². The lowest BCUT2D eigenvalue weighted by atomic mass is 9.87. The molecule has 1 aromatic heterocycles. The molecule has 6 nitrogen and oxygen atoms in total. The predicted molar refractivity (Wildman–Crippen MR) is 128 cm³/mol. The standard InChI is InChI=1S/C23H25Cl2NO5Si/c1-5-30-23(29)20-19(18-15(25)11-14(24)12-16(18)26-20)21(31-32(2,3)4)17(22(27)28)13-9-7-6-8-10-13/h6-12,17,21,26H,5H2,1-4H3,(H,27,28). The second-order valence-electron chi connectivity index (χ2n) is 8.32. The minimum Gasteiger partial charge on any atom is -0.481 e. The molecular formula is C23H25Cl2NO5Si. The Morgan fingerprint density at radius 2 is 1.78 bits per heavy atom. The lowest BCUT2D eigenvalue weighted by Crippen LogP contribution is -2.34. The Kier molecular flexibility index (Phi) is 7.35. The summed E-state index contributed by atoms with van der Waals surface area (Å²) in [5.74, 6) is -2.78. The third kappa shape index (κ3) is 5.18. The predicted octanol–water partition coefficient (Wildman–Crippen LogP) is 6.41. The third-order valence-electron chi connectivity index (χ3n) is 4.83. The zero-order valence-electron chi connectivity index (χ0n) is 18.2. The van der Waals surface area contributed by atoms with Gasteiger partial charge in [0.05, 0.1) is 17.7 Å². The van der Waals surface area contributed by atoms with E-state index in [2.05, 4.69) is 4.98 Å². The van der Waals surface area contributed by atoms with Gasteiger partial charge in [-0.25, -0.2) is 4.79 Å². The van der Waals surface area contributed by atoms with E-state index in [0.717, 1.165) is 0 Å². The maximum absolute atomic E-state index is 12.9. The van der Waals surface area contributed by atoms with Gasteiger partial charge in [0.15, 0.2) is 8.32 Å². The number of carboxylic acids is 1. The molecule has 0 saturated carbocycles. The first kappa shape index (κ1) is 24.3. The summed E-state index contributed by atoms with van der Waals surface area (Å²) >= 11 is 12.7. The average Bonchev–Trinajstić information content (AvgIpc) is 3.07. The number of benzene rings is 2. The number of hydrogen-bond donors (Lipinski definition) is 2. The van der Waals surface area contributed by atoms with Crippen molar-refractivity contribution in [2.75, 3.05) is 6.61 Å². The maximum Gasteiger partial charge on any atom is 0.355 e. The van der Waals surface area contributed by atoms with Crippen molar-refractivity contribution in [3.8, 4) is 0 Å². The fourth-order valence-corrected chi connectivity index (χ4v) is 5.31. The Hall–Kier alpha value is -2.32. The summed E-state index contributed by atoms with van der Waals surface area (Å²) in [7, 11) is -2.31. The summed E-state index contributed by atoms with van der Waals surface area (Å²) in [6.45, 7) is 7.73. The fraction of sp³-hybridized carbons (Fsp3) is 0.304. The summed E-state index contributed by atoms with van der Waals surface area (Å²) in [4.78, 5) is 28.5. The zero-order chi connectivity index (χ0) is 23.6. The lowest BCUT2D eigenvalue weighted by Gasteiger charge is -2.31. The van der Waals surface area contributed by atoms with Crippen molar-refractivity contribution < 1.29 is 23.9 Å². The van der Waals surface area contributed by atoms with E-state index in [9.17, 15) is 14.7 Å². The first-order chi connectivity index (χ1) is 15.0. The van der Waals surface area contributed by atoms with Gasteiger partial charge in [-0.1, -0.05) is 53.5 Å². The highest BCUT2D eigenvalue weighted by Crippen LogP contribution is 2.44. The van der Waals surface area contributed by atoms with E-state index in [0.29, 0.717) is 27.1 Å². The Labute approximate surface area is 197 Å². The molecule has 9 heteroatoms. The molecule has 2 atom stereocenters. The van der Waals surface area contributed by atoms with Crippen LogP contribution in [-0.4, -0.2) is 37.0 Å². The minimum atomic E-state index is -2.31. The number of aromatic amines is 1. The number of aromatic nitrogens is 1. The molecule has 0 aliphatic rings. The van der Waals surface area contributed by atoms with Gasteiger partial charge < -0.3 is 19.3 Å². The number of carbonyl (C=O) groups is 2. The van der Waals surface area contributed by atoms with Crippen molar-refractivity contribution >= 4 is 54.4 Å². The SMILES string of the molecule is CCOC(=O)c1[nH]c2cc(Cl)cc(Cl)c2c1C(O[Si](C)(C)C)C(C(=O)O)c1ccccc1. The van der Waals surface area contributed by atoms with Crippen molar-refractivity contribution in [2.45, 2.75) is 38.6 Å². The molecule has 0 aliphatic carbocycles. The molecule has 32 heavy (non-hydrogen) atoms. The van der Waals surface area contributed by atoms with Crippen LogP contribution < -0.4 is 0 Å². The molecule has 0 radical (unpaired) electrons. The van der Waals surface area contributed by atoms with Gasteiger partial charge in [-0.3, -0.25) is 4.79 Å². The Morgan fingerprint density at radius 3 is 2.34 bits per heavy atom. The number of halogens is 2. The summed E-state index contributed by atoms with van der Waals surface area (Å²) in [5.41, 5.74) is 1.52. The van der Waals surface area contributed by atoms with Crippen LogP contribution in [0.2, 0.25) is 29.7 Å². The Morgan fingerprint density at radius 1 is 1.12 bits per heavy atom. The average molecular weight is 494 g/mol. The van der Waals surface area contributed by atoms with Gasteiger partial charge in [-0.05, 0) is 44.3 Å². The number of H-pyrrole nitrogens is 1. The highest BCUT2D eigenvalue weighted by molar-refractivity contribution is 6.69. The molecule has 3 aromatic rings. The Bertz CT molecular complexity index is 1140. The molecule has 3 rings (SSSR count). The van der Waals surface area contributed by atoms with Gasteiger partial charge in [0.1, 0.15) is 11.6 Å². The van der Waals surface area contributed by atoms with E-state index in [-0.39, 0.29) is 17.3 Å². The van der Waals surface area contributed by atoms with Crippen LogP contribution in [0.25, 0.3) is 10.9 Å². The van der Waals surface area contributed by atoms with Gasteiger partial charge in [0.2, 0.25) is 0 Å². The topological polar surface area (TPSA) is 88.6 Å². The van der Waals surface area contributed by atoms with Crippen LogP contribution in [0.5, 0.6) is 0 Å². The number of ether oxygens (including phenoxy) is 1. The monoisotopic (exact) mass is 493 g/mol. The van der Waals surface area contributed by atoms with Crippen molar-refractivity contribution in [3.63, 3.8) is 0 Å². The van der Waals surface area contributed by atoms with E-state index >= 15 is 0 Å². The van der Waals surface area contributed by atoms with Crippen molar-refractivity contribution in [1.82, 2.24) is 4.98 Å². The lowest BCUT2D eigenvalue weighted by molar-refractivity contribution is -0.141. The summed E-state index contributed by atoms with van der Waals surface area (Å²) in [6, 6.07) is 12.0. The maximum atomic E-state index is 12.9. The molecule has 2 N–H and O–H groups in total. The van der Waals surface area contributed by atoms with Gasteiger partial charge in [-0.2, -0.15) is 0 Å². The van der Waals surface area contributed by atoms with Crippen LogP contribution in [0.4, 0.5) is 0 Å². The number of carboxylic acid groups (broad SMARTS) is 1. The van der Waals surface area contributed by atoms with Crippen molar-refractivity contribution in [2.24, 2.45) is 0 Å². The van der Waals surface area contributed by atoms with Crippen LogP contribution in [0, 0.1) is 0 Å². The summed E-state index contributed by atoms with van der Waals surface area (Å²) in [5, 5.41) is 11.4. The molecule has 170 valence electrons. The number of hydrogen-bond acceptors (Lipinski definition) is 4. The molecule has 1 heterocycles. The molecule has 0 aliphatic heterocycles. The second kappa shape index (κ2) is 9.66. The summed E-state index contributed by atoms with van der Waals surface area (Å²) in [6.07, 6.45) is -0.992. The van der Waals surface area contributed by atoms with Gasteiger partial charge in [0.25, 0.3) is 0 Å². The van der Waals surface area contributed by atoms with E-state index in [4.69, 9.17) is 32.4 Å². The van der Waals surface area contributed by atoms with E-state index < -0.39 is 32.3 Å². The normalized spacial score (nSPS) is 13.7. The van der Waals surface area contributed by atoms with E-state index in [1.165, 1.54) is 0 Å². The highest BCUT2D eigenvalue weighted by atomic mass is 35.5. The molecule has 0 amide bonds. The third-order valence-corrected chi connectivity index (χ3v) is 6.30. The Balaban J connectivity index is 2.37. The van der Waals surface area contributed by atoms with E-state index in [1.807, 2.05) is 25.7 Å². The highest BCUT2D eigenvalue weighted by Gasteiger charge is 2.40. The number of rotatable bonds is 8. The molecule has 0 saturated heterocycles. The number of carbonyl (C=O) groups excluding carboxylic acids is 1. The first-order valence-corrected chi connectivity index (χ1v) is 14.3. The van der Waals surface area contributed by atoms with Gasteiger partial charge in [0, 0.05) is 21.5 Å². The number of aliphatic carboxylic acids is 1. The smallest absolute Gasteiger partial charge is 0.355 e. The number of nitrogens with one attached hydrogen (secondary N) is 1. The molecule has 0 spiro atoms. The zero-order valence-corrected chi connectivity index (χ0v) is 20.8. The van der Waals surface area contributed by atoms with E-state index in [1.54, 1.807) is 43.3 Å². The molecular weight excluding hydrogens is 469 g/mol. The van der Waals surface area contributed by atoms with Gasteiger partial charge in [-0.15, -0.1) is 0 Å². The first-order valence-electron chi connectivity index (χ1n) is 10.2.